The average molecular weight is 663 g/mol. The molecule has 1 heterocycles. The number of ether oxygens (including phenoxy) is 1. The highest BCUT2D eigenvalue weighted by Crippen LogP contribution is 2.24. The van der Waals surface area contributed by atoms with Gasteiger partial charge >= 0.3 is 11.9 Å². The molecule has 9 heteroatoms. The molecule has 0 radical (unpaired) electrons. The first-order chi connectivity index (χ1) is 21.1. The highest BCUT2D eigenvalue weighted by atomic mass is 32.1. The summed E-state index contributed by atoms with van der Waals surface area (Å²) in [4.78, 5) is 35.2. The molecule has 0 saturated heterocycles. The number of ketones is 1. The number of allylic oxidation sites excluding steroid dienone is 8. The number of esters is 1. The number of carbonyl (C=O) groups excluding carboxylic acids is 2. The van der Waals surface area contributed by atoms with E-state index in [1.807, 2.05) is 65.0 Å². The molecule has 7 nitrogen and oxygen atoms in total. The van der Waals surface area contributed by atoms with Crippen LogP contribution in [0.3, 0.4) is 0 Å². The van der Waals surface area contributed by atoms with Crippen LogP contribution in [0.25, 0.3) is 5.32 Å². The van der Waals surface area contributed by atoms with E-state index in [4.69, 9.17) is 9.84 Å². The zero-order valence-corrected chi connectivity index (χ0v) is 30.1. The van der Waals surface area contributed by atoms with Crippen LogP contribution in [0, 0.1) is 29.6 Å². The molecule has 0 aromatic carbocycles. The van der Waals surface area contributed by atoms with Crippen LogP contribution < -0.4 is 0 Å². The summed E-state index contributed by atoms with van der Waals surface area (Å²) in [5, 5.41) is 23.6. The van der Waals surface area contributed by atoms with E-state index in [9.17, 15) is 19.5 Å². The number of nitrogens with zero attached hydrogens (tertiary/aromatic N) is 1. The van der Waals surface area contributed by atoms with Crippen LogP contribution in [-0.2, 0) is 19.1 Å². The van der Waals surface area contributed by atoms with Gasteiger partial charge in [-0.05, 0) is 63.0 Å². The van der Waals surface area contributed by atoms with E-state index in [0.29, 0.717) is 17.9 Å². The van der Waals surface area contributed by atoms with Crippen LogP contribution in [0.4, 0.5) is 0 Å². The van der Waals surface area contributed by atoms with Crippen LogP contribution in [0.5, 0.6) is 0 Å². The van der Waals surface area contributed by atoms with Gasteiger partial charge in [0, 0.05) is 29.9 Å². The van der Waals surface area contributed by atoms with Crippen LogP contribution in [0.15, 0.2) is 71.4 Å². The number of hydrogen-bond acceptors (Lipinski definition) is 7. The van der Waals surface area contributed by atoms with Gasteiger partial charge in [0.2, 0.25) is 0 Å². The van der Waals surface area contributed by atoms with E-state index in [2.05, 4.69) is 49.7 Å². The van der Waals surface area contributed by atoms with Gasteiger partial charge < -0.3 is 20.3 Å². The van der Waals surface area contributed by atoms with E-state index < -0.39 is 18.0 Å². The standard InChI is InChI=1S/C32H46O6.C4H10NS2/c1-20(16-22(3)12-14-28-24(5)13-15-30(35)38-28)10-9-11-21(2)17-25(6)31(36)27(8)32(37)26(7)18-23(4)19-29(33)34;6-3-1-5-2-4-7/h9,11-17,19-20,24-28,32,37H,10,18H2,1-8H3,(H,33,34);6-7H,1-4H2/q;-1/b11-9+,14-12+,21-17+,22-16-,23-19+;/t20?,24-,25?,26?,27?,28-,32?;/m0./s1. The Morgan fingerprint density at radius 2 is 1.62 bits per heavy atom. The molecule has 1 rings (SSSR count). The van der Waals surface area contributed by atoms with E-state index in [0.717, 1.165) is 48.2 Å². The Bertz CT molecular complexity index is 1100. The molecule has 1 aliphatic rings. The van der Waals surface area contributed by atoms with Crippen molar-refractivity contribution in [3.8, 4) is 0 Å². The van der Waals surface area contributed by atoms with Crippen molar-refractivity contribution in [2.24, 2.45) is 29.6 Å². The Morgan fingerprint density at radius 1 is 1.02 bits per heavy atom. The maximum atomic E-state index is 12.9. The second-order valence-electron chi connectivity index (χ2n) is 12.0. The minimum atomic E-state index is -1.01. The summed E-state index contributed by atoms with van der Waals surface area (Å²) in [7, 11) is 0. The molecule has 0 spiro atoms. The van der Waals surface area contributed by atoms with Gasteiger partial charge in [-0.15, -0.1) is 13.1 Å². The molecule has 0 aliphatic carbocycles. The number of aliphatic hydroxyl groups is 1. The van der Waals surface area contributed by atoms with Gasteiger partial charge in [-0.2, -0.15) is 25.3 Å². The van der Waals surface area contributed by atoms with Gasteiger partial charge in [-0.25, -0.2) is 9.59 Å². The molecule has 0 fully saturated rings. The van der Waals surface area contributed by atoms with Crippen molar-refractivity contribution >= 4 is 43.0 Å². The van der Waals surface area contributed by atoms with E-state index >= 15 is 0 Å². The van der Waals surface area contributed by atoms with Crippen molar-refractivity contribution in [1.29, 1.82) is 0 Å². The SMILES string of the molecule is CC(=C/C(C)C/C=C/C(C)=C/C(C)C(=O)C(C)C(O)C(C)C/C(C)=C/C(=O)O)/C=C/[C@@H]1OC(=O)C=C[C@@H]1C.SCC[N-]CCS. The lowest BCUT2D eigenvalue weighted by molar-refractivity contribution is -0.143. The summed E-state index contributed by atoms with van der Waals surface area (Å²) in [5.74, 6) is -0.309. The number of aliphatic hydroxyl groups excluding tert-OH is 1. The quantitative estimate of drug-likeness (QED) is 0.0395. The Balaban J connectivity index is 0.00000246. The van der Waals surface area contributed by atoms with Crippen molar-refractivity contribution in [3.63, 3.8) is 0 Å². The Morgan fingerprint density at radius 3 is 2.20 bits per heavy atom. The number of hydrogen-bond donors (Lipinski definition) is 4. The van der Waals surface area contributed by atoms with Crippen molar-refractivity contribution in [3.05, 3.63) is 76.7 Å². The van der Waals surface area contributed by atoms with Crippen LogP contribution in [-0.4, -0.2) is 64.7 Å². The zero-order chi connectivity index (χ0) is 34.5. The fourth-order valence-electron chi connectivity index (χ4n) is 4.88. The van der Waals surface area contributed by atoms with Gasteiger partial charge in [0.25, 0.3) is 0 Å². The van der Waals surface area contributed by atoms with Crippen LogP contribution in [0.2, 0.25) is 0 Å². The first-order valence-electron chi connectivity index (χ1n) is 15.7. The minimum absolute atomic E-state index is 0.0378. The topological polar surface area (TPSA) is 115 Å². The van der Waals surface area contributed by atoms with Crippen LogP contribution >= 0.6 is 25.3 Å². The second kappa shape index (κ2) is 23.9. The van der Waals surface area contributed by atoms with Crippen molar-refractivity contribution in [1.82, 2.24) is 0 Å². The van der Waals surface area contributed by atoms with Gasteiger partial charge in [-0.1, -0.05) is 87.8 Å². The summed E-state index contributed by atoms with van der Waals surface area (Å²) >= 11 is 7.95. The normalized spacial score (nSPS) is 21.1. The molecule has 0 aromatic heterocycles. The molecule has 0 amide bonds. The summed E-state index contributed by atoms with van der Waals surface area (Å²) in [6.07, 6.45) is 16.8. The lowest BCUT2D eigenvalue weighted by Gasteiger charge is -2.25. The number of thiol groups is 2. The minimum Gasteiger partial charge on any atom is -0.661 e. The largest absolute Gasteiger partial charge is 0.661 e. The highest BCUT2D eigenvalue weighted by molar-refractivity contribution is 7.80. The molecule has 0 bridgehead atoms. The van der Waals surface area contributed by atoms with E-state index in [-0.39, 0.29) is 35.6 Å². The third-order valence-electron chi connectivity index (χ3n) is 7.33. The molecule has 45 heavy (non-hydrogen) atoms. The number of cyclic esters (lactones) is 1. The first kappa shape index (κ1) is 42.7. The molecule has 0 aromatic rings. The van der Waals surface area contributed by atoms with Gasteiger partial charge in [0.15, 0.2) is 0 Å². The predicted molar refractivity (Wildman–Crippen MR) is 193 cm³/mol. The summed E-state index contributed by atoms with van der Waals surface area (Å²) in [6, 6.07) is 0. The summed E-state index contributed by atoms with van der Waals surface area (Å²) in [6.45, 7) is 17.0. The predicted octanol–water partition coefficient (Wildman–Crippen LogP) is 7.61. The van der Waals surface area contributed by atoms with Gasteiger partial charge in [0.1, 0.15) is 11.9 Å². The average Bonchev–Trinajstić information content (AvgIpc) is 2.96. The smallest absolute Gasteiger partial charge is 0.331 e. The van der Waals surface area contributed by atoms with Gasteiger partial charge in [-0.3, -0.25) is 4.79 Å². The maximum absolute atomic E-state index is 12.9. The molecule has 2 N–H and O–H groups in total. The van der Waals surface area contributed by atoms with E-state index in [1.165, 1.54) is 6.08 Å². The number of rotatable bonds is 18. The fraction of sp³-hybridized carbons (Fsp3) is 0.583. The zero-order valence-electron chi connectivity index (χ0n) is 28.3. The van der Waals surface area contributed by atoms with Crippen molar-refractivity contribution < 1.29 is 29.3 Å². The highest BCUT2D eigenvalue weighted by Gasteiger charge is 2.29. The third-order valence-corrected chi connectivity index (χ3v) is 7.73. The third kappa shape index (κ3) is 19.7. The summed E-state index contributed by atoms with van der Waals surface area (Å²) in [5.41, 5.74) is 2.75. The molecule has 1 aliphatic heterocycles. The second-order valence-corrected chi connectivity index (χ2v) is 12.9. The lowest BCUT2D eigenvalue weighted by atomic mass is 9.83. The Labute approximate surface area is 282 Å². The fourth-order valence-corrected chi connectivity index (χ4v) is 5.16. The molecular weight excluding hydrogens is 607 g/mol. The number of carboxylic acid groups (broad SMARTS) is 1. The maximum Gasteiger partial charge on any atom is 0.331 e. The first-order valence-corrected chi connectivity index (χ1v) is 17.0. The number of aliphatic carboxylic acids is 1. The molecular formula is C36H56NO6S2-. The lowest BCUT2D eigenvalue weighted by Crippen LogP contribution is -2.34. The van der Waals surface area contributed by atoms with E-state index in [1.54, 1.807) is 13.8 Å². The number of carbonyl (C=O) groups is 3. The van der Waals surface area contributed by atoms with Gasteiger partial charge in [0.05, 0.1) is 6.10 Å². The monoisotopic (exact) mass is 662 g/mol. The Kier molecular flexibility index (Phi) is 22.7. The molecule has 7 atom stereocenters. The molecule has 0 saturated carbocycles. The molecule has 5 unspecified atom stereocenters. The van der Waals surface area contributed by atoms with Crippen LogP contribution in [0.1, 0.15) is 68.2 Å². The number of Topliss-reactive ketones (excluding diaryl/α,β-unsaturated/α-hetero) is 1. The van der Waals surface area contributed by atoms with Crippen molar-refractivity contribution in [2.45, 2.75) is 80.4 Å². The van der Waals surface area contributed by atoms with Crippen molar-refractivity contribution in [2.75, 3.05) is 24.6 Å². The Hall–Kier alpha value is -2.33. The summed E-state index contributed by atoms with van der Waals surface area (Å²) < 4.78 is 5.34. The number of carboxylic acids is 1. The molecule has 254 valence electrons.